The van der Waals surface area contributed by atoms with Crippen LogP contribution in [0.3, 0.4) is 0 Å². The zero-order valence-corrected chi connectivity index (χ0v) is 6.49. The van der Waals surface area contributed by atoms with Crippen molar-refractivity contribution in [2.75, 3.05) is 0 Å². The first-order chi connectivity index (χ1) is 5.39. The summed E-state index contributed by atoms with van der Waals surface area (Å²) in [4.78, 5) is 11.0. The Hall–Kier alpha value is -1.11. The van der Waals surface area contributed by atoms with Gasteiger partial charge < -0.3 is 0 Å². The van der Waals surface area contributed by atoms with Gasteiger partial charge in [-0.2, -0.15) is 0 Å². The second kappa shape index (κ2) is 4.67. The monoisotopic (exact) mass is 148 g/mol. The molecule has 0 bridgehead atoms. The first kappa shape index (κ1) is 7.99. The van der Waals surface area contributed by atoms with Crippen LogP contribution in [0.2, 0.25) is 0 Å². The maximum atomic E-state index is 11.0. The maximum absolute atomic E-state index is 11.0. The molecule has 0 atom stereocenters. The molecule has 0 spiro atoms. The van der Waals surface area contributed by atoms with Crippen molar-refractivity contribution in [3.63, 3.8) is 0 Å². The summed E-state index contributed by atoms with van der Waals surface area (Å²) >= 11 is 0. The molecular formula is C10H12O. The zero-order chi connectivity index (χ0) is 7.94. The van der Waals surface area contributed by atoms with Gasteiger partial charge in [0, 0.05) is 6.42 Å². The van der Waals surface area contributed by atoms with Gasteiger partial charge in [0.25, 0.3) is 0 Å². The predicted molar refractivity (Wildman–Crippen MR) is 46.3 cm³/mol. The third-order valence-corrected chi connectivity index (χ3v) is 1.55. The molecule has 0 N–H and O–H groups in total. The summed E-state index contributed by atoms with van der Waals surface area (Å²) in [6.45, 7) is 0. The van der Waals surface area contributed by atoms with Gasteiger partial charge in [-0.1, -0.05) is 30.4 Å². The molecule has 11 heavy (non-hydrogen) atoms. The number of ketones is 1. The minimum atomic E-state index is 0.227. The van der Waals surface area contributed by atoms with Crippen molar-refractivity contribution in [3.8, 4) is 0 Å². The summed E-state index contributed by atoms with van der Waals surface area (Å²) < 4.78 is 0. The summed E-state index contributed by atoms with van der Waals surface area (Å²) in [6, 6.07) is 0. The average molecular weight is 148 g/mol. The number of carbonyl (C=O) groups excluding carboxylic acids is 1. The molecule has 0 fully saturated rings. The standard InChI is InChI=1S/C10H12O/c11-10-8-6-4-2-1-3-5-7-9-10/h1-4,6,8H,5,7,9H2/b3-1-,4-2-,8-6+. The Morgan fingerprint density at radius 1 is 1.09 bits per heavy atom. The Bertz CT molecular complexity index is 209. The van der Waals surface area contributed by atoms with Gasteiger partial charge in [-0.15, -0.1) is 0 Å². The van der Waals surface area contributed by atoms with Crippen molar-refractivity contribution < 1.29 is 4.79 Å². The van der Waals surface area contributed by atoms with Crippen molar-refractivity contribution in [1.82, 2.24) is 0 Å². The van der Waals surface area contributed by atoms with E-state index < -0.39 is 0 Å². The Kier molecular flexibility index (Phi) is 3.39. The molecular weight excluding hydrogens is 136 g/mol. The van der Waals surface area contributed by atoms with Crippen molar-refractivity contribution in [2.24, 2.45) is 0 Å². The summed E-state index contributed by atoms with van der Waals surface area (Å²) in [5.74, 6) is 0.227. The molecule has 0 unspecified atom stereocenters. The number of hydrogen-bond donors (Lipinski definition) is 0. The summed E-state index contributed by atoms with van der Waals surface area (Å²) in [6.07, 6.45) is 14.0. The minimum absolute atomic E-state index is 0.227. The largest absolute Gasteiger partial charge is 0.295 e. The van der Waals surface area contributed by atoms with Crippen LogP contribution in [-0.2, 0) is 4.79 Å². The fraction of sp³-hybridized carbons (Fsp3) is 0.300. The van der Waals surface area contributed by atoms with Crippen molar-refractivity contribution >= 4 is 5.78 Å². The molecule has 0 aromatic heterocycles. The van der Waals surface area contributed by atoms with Gasteiger partial charge in [-0.25, -0.2) is 0 Å². The van der Waals surface area contributed by atoms with Gasteiger partial charge in [0.2, 0.25) is 0 Å². The van der Waals surface area contributed by atoms with Crippen LogP contribution in [0.15, 0.2) is 36.5 Å². The second-order valence-corrected chi connectivity index (χ2v) is 2.53. The summed E-state index contributed by atoms with van der Waals surface area (Å²) in [5, 5.41) is 0. The molecule has 0 heterocycles. The lowest BCUT2D eigenvalue weighted by Crippen LogP contribution is -1.91. The number of allylic oxidation sites excluding steroid dienone is 6. The smallest absolute Gasteiger partial charge is 0.155 e. The van der Waals surface area contributed by atoms with Crippen LogP contribution in [-0.4, -0.2) is 5.78 Å². The van der Waals surface area contributed by atoms with E-state index in [0.29, 0.717) is 6.42 Å². The van der Waals surface area contributed by atoms with E-state index >= 15 is 0 Å². The van der Waals surface area contributed by atoms with E-state index in [4.69, 9.17) is 0 Å². The lowest BCUT2D eigenvalue weighted by molar-refractivity contribution is -0.114. The highest BCUT2D eigenvalue weighted by atomic mass is 16.1. The Morgan fingerprint density at radius 2 is 1.91 bits per heavy atom. The van der Waals surface area contributed by atoms with Gasteiger partial charge in [0.05, 0.1) is 0 Å². The number of rotatable bonds is 0. The van der Waals surface area contributed by atoms with E-state index in [0.717, 1.165) is 12.8 Å². The molecule has 0 aliphatic heterocycles. The van der Waals surface area contributed by atoms with Crippen LogP contribution in [0.4, 0.5) is 0 Å². The van der Waals surface area contributed by atoms with Crippen LogP contribution < -0.4 is 0 Å². The van der Waals surface area contributed by atoms with Gasteiger partial charge in [-0.05, 0) is 18.9 Å². The SMILES string of the molecule is O=C1/C=C/C=C\C=C/CCC1. The molecule has 0 saturated heterocycles. The normalized spacial score (nSPS) is 27.5. The quantitative estimate of drug-likeness (QED) is 0.515. The molecule has 58 valence electrons. The second-order valence-electron chi connectivity index (χ2n) is 2.53. The molecule has 1 aliphatic rings. The molecule has 0 aromatic carbocycles. The fourth-order valence-corrected chi connectivity index (χ4v) is 0.943. The van der Waals surface area contributed by atoms with E-state index in [-0.39, 0.29) is 5.78 Å². The zero-order valence-electron chi connectivity index (χ0n) is 6.49. The van der Waals surface area contributed by atoms with Crippen LogP contribution in [0.25, 0.3) is 0 Å². The first-order valence-electron chi connectivity index (χ1n) is 3.92. The maximum Gasteiger partial charge on any atom is 0.155 e. The van der Waals surface area contributed by atoms with Crippen LogP contribution in [0.5, 0.6) is 0 Å². The minimum Gasteiger partial charge on any atom is -0.295 e. The van der Waals surface area contributed by atoms with Gasteiger partial charge >= 0.3 is 0 Å². The van der Waals surface area contributed by atoms with E-state index in [1.165, 1.54) is 0 Å². The van der Waals surface area contributed by atoms with Gasteiger partial charge in [0.15, 0.2) is 5.78 Å². The van der Waals surface area contributed by atoms with Crippen molar-refractivity contribution in [2.45, 2.75) is 19.3 Å². The lowest BCUT2D eigenvalue weighted by Gasteiger charge is -1.92. The summed E-state index contributed by atoms with van der Waals surface area (Å²) in [5.41, 5.74) is 0. The highest BCUT2D eigenvalue weighted by molar-refractivity contribution is 5.89. The Balaban J connectivity index is 2.56. The predicted octanol–water partition coefficient (Wildman–Crippen LogP) is 2.41. The van der Waals surface area contributed by atoms with E-state index in [1.807, 2.05) is 18.2 Å². The number of hydrogen-bond acceptors (Lipinski definition) is 1. The molecule has 0 amide bonds. The molecule has 1 aliphatic carbocycles. The Morgan fingerprint density at radius 3 is 2.82 bits per heavy atom. The molecule has 1 rings (SSSR count). The van der Waals surface area contributed by atoms with Gasteiger partial charge in [0.1, 0.15) is 0 Å². The van der Waals surface area contributed by atoms with Gasteiger partial charge in [-0.3, -0.25) is 4.79 Å². The highest BCUT2D eigenvalue weighted by Crippen LogP contribution is 2.00. The average Bonchev–Trinajstić information content (AvgIpc) is 2.03. The Labute approximate surface area is 67.1 Å². The summed E-state index contributed by atoms with van der Waals surface area (Å²) in [7, 11) is 0. The van der Waals surface area contributed by atoms with E-state index in [9.17, 15) is 4.79 Å². The molecule has 1 heteroatoms. The molecule has 0 aromatic rings. The number of carbonyl (C=O) groups is 1. The van der Waals surface area contributed by atoms with E-state index in [1.54, 1.807) is 12.2 Å². The third-order valence-electron chi connectivity index (χ3n) is 1.55. The van der Waals surface area contributed by atoms with Crippen LogP contribution in [0, 0.1) is 0 Å². The fourth-order valence-electron chi connectivity index (χ4n) is 0.943. The van der Waals surface area contributed by atoms with Crippen molar-refractivity contribution in [1.29, 1.82) is 0 Å². The topological polar surface area (TPSA) is 17.1 Å². The lowest BCUT2D eigenvalue weighted by atomic mass is 10.1. The van der Waals surface area contributed by atoms with Crippen molar-refractivity contribution in [3.05, 3.63) is 36.5 Å². The highest BCUT2D eigenvalue weighted by Gasteiger charge is 1.94. The molecule has 0 saturated carbocycles. The van der Waals surface area contributed by atoms with E-state index in [2.05, 4.69) is 6.08 Å². The third kappa shape index (κ3) is 3.56. The van der Waals surface area contributed by atoms with Crippen LogP contribution in [0.1, 0.15) is 19.3 Å². The van der Waals surface area contributed by atoms with Crippen LogP contribution >= 0.6 is 0 Å². The molecule has 0 radical (unpaired) electrons. The molecule has 1 nitrogen and oxygen atoms in total. The first-order valence-corrected chi connectivity index (χ1v) is 3.92.